The van der Waals surface area contributed by atoms with E-state index < -0.39 is 0 Å². The molecular formula is C14H22BrN3. The normalized spacial score (nSPS) is 21.2. The SMILES string of the molecule is CN1CCC(C(C)(C)CNc2ccc(Br)cn2)C1. The van der Waals surface area contributed by atoms with Crippen molar-refractivity contribution < 1.29 is 0 Å². The molecule has 1 saturated heterocycles. The summed E-state index contributed by atoms with van der Waals surface area (Å²) in [5.41, 5.74) is 0.305. The Bertz CT molecular complexity index is 389. The van der Waals surface area contributed by atoms with Gasteiger partial charge in [-0.2, -0.15) is 0 Å². The highest BCUT2D eigenvalue weighted by Crippen LogP contribution is 2.33. The molecule has 1 aliphatic rings. The second kappa shape index (κ2) is 5.57. The van der Waals surface area contributed by atoms with Gasteiger partial charge in [0.1, 0.15) is 5.82 Å². The minimum Gasteiger partial charge on any atom is -0.370 e. The molecule has 2 heterocycles. The first-order chi connectivity index (χ1) is 8.47. The summed E-state index contributed by atoms with van der Waals surface area (Å²) in [7, 11) is 2.21. The molecule has 4 heteroatoms. The molecule has 1 atom stereocenters. The van der Waals surface area contributed by atoms with E-state index in [2.05, 4.69) is 52.0 Å². The summed E-state index contributed by atoms with van der Waals surface area (Å²) in [6.07, 6.45) is 3.14. The molecule has 0 aliphatic carbocycles. The fourth-order valence-electron chi connectivity index (χ4n) is 2.52. The van der Waals surface area contributed by atoms with Crippen molar-refractivity contribution in [2.75, 3.05) is 32.0 Å². The van der Waals surface area contributed by atoms with Crippen LogP contribution in [-0.2, 0) is 0 Å². The molecule has 1 unspecified atom stereocenters. The van der Waals surface area contributed by atoms with Gasteiger partial charge in [-0.3, -0.25) is 0 Å². The minimum atomic E-state index is 0.305. The first-order valence-corrected chi connectivity index (χ1v) is 7.31. The zero-order valence-electron chi connectivity index (χ0n) is 11.4. The van der Waals surface area contributed by atoms with Gasteiger partial charge in [0.05, 0.1) is 0 Å². The third-order valence-electron chi connectivity index (χ3n) is 3.95. The van der Waals surface area contributed by atoms with E-state index in [1.807, 2.05) is 18.3 Å². The van der Waals surface area contributed by atoms with Gasteiger partial charge in [-0.25, -0.2) is 4.98 Å². The standard InChI is InChI=1S/C14H22BrN3/c1-14(2,11-6-7-18(3)9-11)10-17-13-5-4-12(15)8-16-13/h4-5,8,11H,6-7,9-10H2,1-3H3,(H,16,17). The van der Waals surface area contributed by atoms with Crippen LogP contribution in [0.2, 0.25) is 0 Å². The smallest absolute Gasteiger partial charge is 0.125 e. The topological polar surface area (TPSA) is 28.2 Å². The molecule has 0 radical (unpaired) electrons. The fourth-order valence-corrected chi connectivity index (χ4v) is 2.75. The summed E-state index contributed by atoms with van der Waals surface area (Å²) in [5, 5.41) is 3.45. The number of nitrogens with one attached hydrogen (secondary N) is 1. The third-order valence-corrected chi connectivity index (χ3v) is 4.42. The monoisotopic (exact) mass is 311 g/mol. The van der Waals surface area contributed by atoms with E-state index in [0.29, 0.717) is 5.41 Å². The van der Waals surface area contributed by atoms with E-state index >= 15 is 0 Å². The van der Waals surface area contributed by atoms with Gasteiger partial charge in [0.25, 0.3) is 0 Å². The highest BCUT2D eigenvalue weighted by Gasteiger charge is 2.33. The predicted molar refractivity (Wildman–Crippen MR) is 79.8 cm³/mol. The summed E-state index contributed by atoms with van der Waals surface area (Å²) in [5.74, 6) is 1.73. The van der Waals surface area contributed by atoms with Crippen LogP contribution in [0.4, 0.5) is 5.82 Å². The predicted octanol–water partition coefficient (Wildman–Crippen LogP) is 3.23. The Morgan fingerprint density at radius 2 is 2.28 bits per heavy atom. The van der Waals surface area contributed by atoms with Crippen LogP contribution in [0.5, 0.6) is 0 Å². The van der Waals surface area contributed by atoms with Crippen LogP contribution in [0.15, 0.2) is 22.8 Å². The van der Waals surface area contributed by atoms with Gasteiger partial charge in [0, 0.05) is 23.8 Å². The van der Waals surface area contributed by atoms with Crippen molar-refractivity contribution in [1.29, 1.82) is 0 Å². The molecule has 1 N–H and O–H groups in total. The number of halogens is 1. The lowest BCUT2D eigenvalue weighted by atomic mass is 9.78. The van der Waals surface area contributed by atoms with E-state index in [1.165, 1.54) is 19.5 Å². The number of rotatable bonds is 4. The number of hydrogen-bond donors (Lipinski definition) is 1. The van der Waals surface area contributed by atoms with E-state index in [9.17, 15) is 0 Å². The fraction of sp³-hybridized carbons (Fsp3) is 0.643. The van der Waals surface area contributed by atoms with Crippen LogP contribution >= 0.6 is 15.9 Å². The average Bonchev–Trinajstić information content (AvgIpc) is 2.76. The highest BCUT2D eigenvalue weighted by molar-refractivity contribution is 9.10. The third kappa shape index (κ3) is 3.45. The molecule has 3 nitrogen and oxygen atoms in total. The van der Waals surface area contributed by atoms with Gasteiger partial charge in [-0.05, 0) is 59.4 Å². The molecule has 1 aromatic heterocycles. The number of hydrogen-bond acceptors (Lipinski definition) is 3. The molecule has 0 saturated carbocycles. The Morgan fingerprint density at radius 3 is 2.83 bits per heavy atom. The number of anilines is 1. The lowest BCUT2D eigenvalue weighted by Gasteiger charge is -2.32. The van der Waals surface area contributed by atoms with Gasteiger partial charge >= 0.3 is 0 Å². The molecule has 0 bridgehead atoms. The Kier molecular flexibility index (Phi) is 4.28. The highest BCUT2D eigenvalue weighted by atomic mass is 79.9. The maximum Gasteiger partial charge on any atom is 0.125 e. The summed E-state index contributed by atoms with van der Waals surface area (Å²) in [6, 6.07) is 4.03. The largest absolute Gasteiger partial charge is 0.370 e. The Balaban J connectivity index is 1.90. The Labute approximate surface area is 118 Å². The lowest BCUT2D eigenvalue weighted by molar-refractivity contribution is 0.230. The van der Waals surface area contributed by atoms with E-state index in [-0.39, 0.29) is 0 Å². The van der Waals surface area contributed by atoms with E-state index in [4.69, 9.17) is 0 Å². The zero-order chi connectivity index (χ0) is 13.2. The van der Waals surface area contributed by atoms with Crippen molar-refractivity contribution in [2.24, 2.45) is 11.3 Å². The van der Waals surface area contributed by atoms with Crippen molar-refractivity contribution in [3.8, 4) is 0 Å². The van der Waals surface area contributed by atoms with Crippen LogP contribution in [0.1, 0.15) is 20.3 Å². The van der Waals surface area contributed by atoms with Crippen molar-refractivity contribution in [3.63, 3.8) is 0 Å². The molecule has 18 heavy (non-hydrogen) atoms. The summed E-state index contributed by atoms with van der Waals surface area (Å²) < 4.78 is 1.02. The van der Waals surface area contributed by atoms with Crippen LogP contribution < -0.4 is 5.32 Å². The number of likely N-dealkylation sites (tertiary alicyclic amines) is 1. The Morgan fingerprint density at radius 1 is 1.50 bits per heavy atom. The molecule has 1 aromatic rings. The van der Waals surface area contributed by atoms with E-state index in [0.717, 1.165) is 22.8 Å². The van der Waals surface area contributed by atoms with Gasteiger partial charge in [0.2, 0.25) is 0 Å². The molecular weight excluding hydrogens is 290 g/mol. The second-order valence-electron chi connectivity index (χ2n) is 5.95. The molecule has 100 valence electrons. The van der Waals surface area contributed by atoms with Crippen LogP contribution in [0, 0.1) is 11.3 Å². The maximum absolute atomic E-state index is 4.35. The molecule has 1 aliphatic heterocycles. The van der Waals surface area contributed by atoms with Crippen LogP contribution in [-0.4, -0.2) is 36.6 Å². The second-order valence-corrected chi connectivity index (χ2v) is 6.87. The molecule has 0 aromatic carbocycles. The maximum atomic E-state index is 4.35. The van der Waals surface area contributed by atoms with Gasteiger partial charge in [0.15, 0.2) is 0 Å². The molecule has 0 amide bonds. The number of aromatic nitrogens is 1. The summed E-state index contributed by atoms with van der Waals surface area (Å²) >= 11 is 3.40. The van der Waals surface area contributed by atoms with Gasteiger partial charge < -0.3 is 10.2 Å². The van der Waals surface area contributed by atoms with Crippen LogP contribution in [0.3, 0.4) is 0 Å². The molecule has 2 rings (SSSR count). The summed E-state index contributed by atoms with van der Waals surface area (Å²) in [6.45, 7) is 8.11. The first kappa shape index (κ1) is 13.8. The minimum absolute atomic E-state index is 0.305. The van der Waals surface area contributed by atoms with Gasteiger partial charge in [-0.15, -0.1) is 0 Å². The van der Waals surface area contributed by atoms with Crippen molar-refractivity contribution in [1.82, 2.24) is 9.88 Å². The van der Waals surface area contributed by atoms with E-state index in [1.54, 1.807) is 0 Å². The zero-order valence-corrected chi connectivity index (χ0v) is 13.0. The molecule has 1 fully saturated rings. The van der Waals surface area contributed by atoms with Crippen molar-refractivity contribution in [3.05, 3.63) is 22.8 Å². The lowest BCUT2D eigenvalue weighted by Crippen LogP contribution is -2.33. The first-order valence-electron chi connectivity index (χ1n) is 6.51. The van der Waals surface area contributed by atoms with Crippen LogP contribution in [0.25, 0.3) is 0 Å². The van der Waals surface area contributed by atoms with Crippen molar-refractivity contribution in [2.45, 2.75) is 20.3 Å². The van der Waals surface area contributed by atoms with Gasteiger partial charge in [-0.1, -0.05) is 13.8 Å². The Hall–Kier alpha value is -0.610. The number of nitrogens with zero attached hydrogens (tertiary/aromatic N) is 2. The van der Waals surface area contributed by atoms with Crippen molar-refractivity contribution >= 4 is 21.7 Å². The quantitative estimate of drug-likeness (QED) is 0.925. The number of pyridine rings is 1. The summed E-state index contributed by atoms with van der Waals surface area (Å²) in [4.78, 5) is 6.78. The average molecular weight is 312 g/mol. The molecule has 0 spiro atoms.